The first-order valence-corrected chi connectivity index (χ1v) is 8.89. The molecule has 4 fully saturated rings. The Labute approximate surface area is 113 Å². The summed E-state index contributed by atoms with van der Waals surface area (Å²) < 4.78 is 1.43. The Hall–Kier alpha value is 0.730. The third-order valence-corrected chi connectivity index (χ3v) is 7.91. The van der Waals surface area contributed by atoms with Crippen molar-refractivity contribution in [1.82, 2.24) is 0 Å². The Morgan fingerprint density at radius 3 is 2.31 bits per heavy atom. The average Bonchev–Trinajstić information content (AvgIpc) is 2.94. The molecule has 8 atom stereocenters. The van der Waals surface area contributed by atoms with Crippen LogP contribution >= 0.6 is 22.6 Å². The normalized spacial score (nSPS) is 62.6. The van der Waals surface area contributed by atoms with E-state index < -0.39 is 0 Å². The van der Waals surface area contributed by atoms with Gasteiger partial charge >= 0.3 is 0 Å². The van der Waals surface area contributed by atoms with Crippen molar-refractivity contribution in [3.63, 3.8) is 0 Å². The highest BCUT2D eigenvalue weighted by Crippen LogP contribution is 2.69. The maximum Gasteiger partial charge on any atom is 0.00266 e. The first-order valence-electron chi connectivity index (χ1n) is 7.37. The Bertz CT molecular complexity index is 300. The second-order valence-electron chi connectivity index (χ2n) is 7.10. The van der Waals surface area contributed by atoms with E-state index in [1.54, 1.807) is 32.1 Å². The molecule has 0 aromatic carbocycles. The number of hydrogen-bond acceptors (Lipinski definition) is 0. The molecule has 1 heteroatoms. The van der Waals surface area contributed by atoms with E-state index in [-0.39, 0.29) is 0 Å². The van der Waals surface area contributed by atoms with E-state index in [4.69, 9.17) is 0 Å². The summed E-state index contributed by atoms with van der Waals surface area (Å²) in [7, 11) is 0. The number of halogens is 1. The van der Waals surface area contributed by atoms with Crippen molar-refractivity contribution in [2.24, 2.45) is 47.3 Å². The van der Waals surface area contributed by atoms with Crippen molar-refractivity contribution in [2.45, 2.75) is 39.0 Å². The fourth-order valence-corrected chi connectivity index (χ4v) is 7.57. The summed E-state index contributed by atoms with van der Waals surface area (Å²) in [6.07, 6.45) is 7.95. The van der Waals surface area contributed by atoms with Crippen molar-refractivity contribution in [3.05, 3.63) is 0 Å². The van der Waals surface area contributed by atoms with Crippen LogP contribution in [0.3, 0.4) is 0 Å². The molecule has 0 saturated heterocycles. The minimum Gasteiger partial charge on any atom is -0.0861 e. The maximum atomic E-state index is 2.66. The summed E-state index contributed by atoms with van der Waals surface area (Å²) >= 11 is 2.66. The zero-order valence-corrected chi connectivity index (χ0v) is 12.4. The van der Waals surface area contributed by atoms with Gasteiger partial charge in [0.2, 0.25) is 0 Å². The molecule has 4 aliphatic carbocycles. The lowest BCUT2D eigenvalue weighted by molar-refractivity contribution is 0.105. The molecule has 0 aliphatic heterocycles. The van der Waals surface area contributed by atoms with Gasteiger partial charge < -0.3 is 0 Å². The monoisotopic (exact) mass is 330 g/mol. The summed E-state index contributed by atoms with van der Waals surface area (Å²) in [5.41, 5.74) is 0. The van der Waals surface area contributed by atoms with Gasteiger partial charge in [0.05, 0.1) is 0 Å². The molecule has 0 aromatic heterocycles. The molecule has 4 saturated carbocycles. The van der Waals surface area contributed by atoms with Crippen LogP contribution < -0.4 is 0 Å². The summed E-state index contributed by atoms with van der Waals surface area (Å²) in [5.74, 6) is 9.18. The smallest absolute Gasteiger partial charge is 0.00266 e. The second-order valence-corrected chi connectivity index (χ2v) is 7.98. The van der Waals surface area contributed by atoms with Gasteiger partial charge in [0.15, 0.2) is 0 Å². The average molecular weight is 330 g/mol. The molecule has 0 aromatic rings. The van der Waals surface area contributed by atoms with Crippen LogP contribution in [0.15, 0.2) is 0 Å². The van der Waals surface area contributed by atoms with Gasteiger partial charge in [-0.15, -0.1) is 0 Å². The number of fused-ring (bicyclic) bond motifs is 8. The first kappa shape index (κ1) is 10.6. The van der Waals surface area contributed by atoms with Gasteiger partial charge in [-0.3, -0.25) is 0 Å². The molecule has 8 unspecified atom stereocenters. The molecule has 0 nitrogen and oxygen atoms in total. The predicted octanol–water partition coefficient (Wildman–Crippen LogP) is 4.38. The van der Waals surface area contributed by atoms with Crippen LogP contribution in [0.5, 0.6) is 0 Å². The van der Waals surface area contributed by atoms with E-state index in [0.717, 1.165) is 23.7 Å². The van der Waals surface area contributed by atoms with Crippen molar-refractivity contribution in [2.75, 3.05) is 4.43 Å². The molecule has 16 heavy (non-hydrogen) atoms. The van der Waals surface area contributed by atoms with Gasteiger partial charge in [-0.2, -0.15) is 0 Å². The van der Waals surface area contributed by atoms with Gasteiger partial charge in [-0.25, -0.2) is 0 Å². The van der Waals surface area contributed by atoms with Gasteiger partial charge in [-0.1, -0.05) is 35.9 Å². The van der Waals surface area contributed by atoms with E-state index in [2.05, 4.69) is 29.5 Å². The van der Waals surface area contributed by atoms with E-state index in [1.165, 1.54) is 28.1 Å². The Balaban J connectivity index is 1.69. The molecule has 0 amide bonds. The molecule has 0 N–H and O–H groups in total. The molecule has 0 heterocycles. The van der Waals surface area contributed by atoms with Crippen LogP contribution in [0.1, 0.15) is 39.0 Å². The lowest BCUT2D eigenvalue weighted by Gasteiger charge is -2.37. The quantitative estimate of drug-likeness (QED) is 0.495. The Morgan fingerprint density at radius 2 is 1.62 bits per heavy atom. The molecule has 4 rings (SSSR count). The van der Waals surface area contributed by atoms with Gasteiger partial charge in [0, 0.05) is 4.43 Å². The third-order valence-electron chi connectivity index (χ3n) is 6.78. The predicted molar refractivity (Wildman–Crippen MR) is 75.6 cm³/mol. The van der Waals surface area contributed by atoms with Crippen LogP contribution in [0, 0.1) is 47.3 Å². The summed E-state index contributed by atoms with van der Waals surface area (Å²) in [5, 5.41) is 0. The number of hydrogen-bond donors (Lipinski definition) is 0. The van der Waals surface area contributed by atoms with Crippen LogP contribution in [-0.2, 0) is 0 Å². The van der Waals surface area contributed by atoms with E-state index in [9.17, 15) is 0 Å². The van der Waals surface area contributed by atoms with E-state index >= 15 is 0 Å². The van der Waals surface area contributed by atoms with Gasteiger partial charge in [-0.05, 0) is 73.0 Å². The molecule has 0 radical (unpaired) electrons. The first-order chi connectivity index (χ1) is 7.81. The van der Waals surface area contributed by atoms with Crippen LogP contribution in [-0.4, -0.2) is 4.43 Å². The van der Waals surface area contributed by atoms with Gasteiger partial charge in [0.1, 0.15) is 0 Å². The third kappa shape index (κ3) is 1.17. The fraction of sp³-hybridized carbons (Fsp3) is 1.00. The number of alkyl halides is 1. The maximum absolute atomic E-state index is 2.66. The van der Waals surface area contributed by atoms with Crippen molar-refractivity contribution >= 4 is 22.6 Å². The van der Waals surface area contributed by atoms with Crippen LogP contribution in [0.2, 0.25) is 0 Å². The number of rotatable bonds is 1. The van der Waals surface area contributed by atoms with Gasteiger partial charge in [0.25, 0.3) is 0 Å². The summed E-state index contributed by atoms with van der Waals surface area (Å²) in [4.78, 5) is 0. The minimum atomic E-state index is 1.06. The molecule has 2 bridgehead atoms. The molecular weight excluding hydrogens is 307 g/mol. The minimum absolute atomic E-state index is 1.06. The standard InChI is InChI=1S/C15H23I/c1-8-5-9(7-16)15-13-6-12(14(8)15)10-3-2-4-11(10)13/h8-15H,2-7H2,1H3. The molecular formula is C15H23I. The molecule has 4 aliphatic rings. The largest absolute Gasteiger partial charge is 0.0861 e. The molecule has 90 valence electrons. The lowest BCUT2D eigenvalue weighted by Crippen LogP contribution is -2.33. The zero-order chi connectivity index (χ0) is 10.9. The highest BCUT2D eigenvalue weighted by molar-refractivity contribution is 14.1. The lowest BCUT2D eigenvalue weighted by atomic mass is 9.68. The topological polar surface area (TPSA) is 0 Å². The summed E-state index contributed by atoms with van der Waals surface area (Å²) in [6.45, 7) is 2.56. The van der Waals surface area contributed by atoms with E-state index in [0.29, 0.717) is 0 Å². The Morgan fingerprint density at radius 1 is 0.938 bits per heavy atom. The van der Waals surface area contributed by atoms with Crippen molar-refractivity contribution in [3.8, 4) is 0 Å². The fourth-order valence-electron chi connectivity index (χ4n) is 6.62. The van der Waals surface area contributed by atoms with Crippen molar-refractivity contribution < 1.29 is 0 Å². The Kier molecular flexibility index (Phi) is 2.40. The summed E-state index contributed by atoms with van der Waals surface area (Å²) in [6, 6.07) is 0. The van der Waals surface area contributed by atoms with Crippen LogP contribution in [0.4, 0.5) is 0 Å². The van der Waals surface area contributed by atoms with Crippen LogP contribution in [0.25, 0.3) is 0 Å². The second kappa shape index (κ2) is 3.61. The highest BCUT2D eigenvalue weighted by atomic mass is 127. The van der Waals surface area contributed by atoms with E-state index in [1.807, 2.05) is 0 Å². The SMILES string of the molecule is CC1CC(CI)C2C3CC(C4CCCC43)C12. The zero-order valence-electron chi connectivity index (χ0n) is 10.2. The molecule has 0 spiro atoms. The highest BCUT2D eigenvalue weighted by Gasteiger charge is 2.63. The van der Waals surface area contributed by atoms with Crippen molar-refractivity contribution in [1.29, 1.82) is 0 Å².